The molecule has 0 atom stereocenters. The van der Waals surface area contributed by atoms with E-state index in [2.05, 4.69) is 9.82 Å². The number of rotatable bonds is 8. The van der Waals surface area contributed by atoms with Crippen molar-refractivity contribution in [3.63, 3.8) is 0 Å². The quantitative estimate of drug-likeness (QED) is 0.526. The summed E-state index contributed by atoms with van der Waals surface area (Å²) in [5.41, 5.74) is 0.187. The van der Waals surface area contributed by atoms with Gasteiger partial charge in [-0.2, -0.15) is 18.3 Å². The third-order valence-corrected chi connectivity index (χ3v) is 4.93. The zero-order chi connectivity index (χ0) is 22.6. The first-order chi connectivity index (χ1) is 14.6. The van der Waals surface area contributed by atoms with E-state index in [1.807, 2.05) is 0 Å². The SMILES string of the molecule is COc1ccc(-n2nc(C(F)(F)F)cc2-c2ccc(OCCNS(C)(=O)=O)cc2)cc1. The summed E-state index contributed by atoms with van der Waals surface area (Å²) in [6.07, 6.45) is -3.55. The van der Waals surface area contributed by atoms with E-state index in [1.165, 1.54) is 11.8 Å². The molecule has 7 nitrogen and oxygen atoms in total. The third-order valence-electron chi connectivity index (χ3n) is 4.20. The van der Waals surface area contributed by atoms with Crippen molar-refractivity contribution in [1.29, 1.82) is 0 Å². The highest BCUT2D eigenvalue weighted by atomic mass is 32.2. The van der Waals surface area contributed by atoms with Crippen LogP contribution in [0.15, 0.2) is 54.6 Å². The zero-order valence-electron chi connectivity index (χ0n) is 16.7. The molecular weight excluding hydrogens is 435 g/mol. The fourth-order valence-electron chi connectivity index (χ4n) is 2.76. The molecular formula is C20H20F3N3O4S. The molecule has 0 saturated carbocycles. The second kappa shape index (κ2) is 8.98. The first-order valence-electron chi connectivity index (χ1n) is 9.06. The van der Waals surface area contributed by atoms with E-state index in [-0.39, 0.29) is 18.8 Å². The van der Waals surface area contributed by atoms with Gasteiger partial charge in [-0.15, -0.1) is 0 Å². The van der Waals surface area contributed by atoms with E-state index in [1.54, 1.807) is 48.5 Å². The lowest BCUT2D eigenvalue weighted by atomic mass is 10.1. The van der Waals surface area contributed by atoms with Crippen molar-refractivity contribution in [3.05, 3.63) is 60.3 Å². The number of alkyl halides is 3. The van der Waals surface area contributed by atoms with Crippen molar-refractivity contribution in [2.75, 3.05) is 26.5 Å². The molecule has 166 valence electrons. The predicted molar refractivity (Wildman–Crippen MR) is 109 cm³/mol. The van der Waals surface area contributed by atoms with Crippen molar-refractivity contribution >= 4 is 10.0 Å². The summed E-state index contributed by atoms with van der Waals surface area (Å²) < 4.78 is 76.0. The number of nitrogens with one attached hydrogen (secondary N) is 1. The molecule has 0 aliphatic rings. The van der Waals surface area contributed by atoms with Crippen molar-refractivity contribution in [1.82, 2.24) is 14.5 Å². The van der Waals surface area contributed by atoms with E-state index in [9.17, 15) is 21.6 Å². The Bertz CT molecular complexity index is 1130. The van der Waals surface area contributed by atoms with Crippen LogP contribution in [0.2, 0.25) is 0 Å². The minimum atomic E-state index is -4.60. The van der Waals surface area contributed by atoms with Gasteiger partial charge in [0.25, 0.3) is 0 Å². The highest BCUT2D eigenvalue weighted by Gasteiger charge is 2.35. The Morgan fingerprint density at radius 1 is 1.03 bits per heavy atom. The topological polar surface area (TPSA) is 82.4 Å². The second-order valence-corrected chi connectivity index (χ2v) is 8.39. The van der Waals surface area contributed by atoms with Crippen LogP contribution in [0, 0.1) is 0 Å². The summed E-state index contributed by atoms with van der Waals surface area (Å²) in [6.45, 7) is 0.203. The van der Waals surface area contributed by atoms with Crippen LogP contribution in [0.5, 0.6) is 11.5 Å². The molecule has 3 aromatic rings. The standard InChI is InChI=1S/C20H20F3N3O4S/c1-29-16-9-5-15(6-10-16)26-18(13-19(25-26)20(21,22)23)14-3-7-17(8-4-14)30-12-11-24-31(2,27)28/h3-10,13,24H,11-12H2,1-2H3. The lowest BCUT2D eigenvalue weighted by Crippen LogP contribution is -2.26. The van der Waals surface area contributed by atoms with Crippen LogP contribution in [0.25, 0.3) is 16.9 Å². The summed E-state index contributed by atoms with van der Waals surface area (Å²) in [4.78, 5) is 0. The number of ether oxygens (including phenoxy) is 2. The number of benzene rings is 2. The highest BCUT2D eigenvalue weighted by Crippen LogP contribution is 2.34. The Hall–Kier alpha value is -3.05. The van der Waals surface area contributed by atoms with Gasteiger partial charge >= 0.3 is 6.18 Å². The van der Waals surface area contributed by atoms with Crippen LogP contribution in [0.3, 0.4) is 0 Å². The first kappa shape index (κ1) is 22.6. The van der Waals surface area contributed by atoms with E-state index in [0.717, 1.165) is 12.3 Å². The number of methoxy groups -OCH3 is 1. The van der Waals surface area contributed by atoms with Crippen LogP contribution in [-0.2, 0) is 16.2 Å². The summed E-state index contributed by atoms with van der Waals surface area (Å²) in [7, 11) is -1.81. The van der Waals surface area contributed by atoms with Gasteiger partial charge in [-0.3, -0.25) is 0 Å². The summed E-state index contributed by atoms with van der Waals surface area (Å²) in [5.74, 6) is 1.02. The normalized spacial score (nSPS) is 12.0. The Balaban J connectivity index is 1.86. The molecule has 31 heavy (non-hydrogen) atoms. The number of hydrogen-bond acceptors (Lipinski definition) is 5. The molecule has 1 heterocycles. The number of aromatic nitrogens is 2. The molecule has 2 aromatic carbocycles. The van der Waals surface area contributed by atoms with Crippen molar-refractivity contribution in [3.8, 4) is 28.4 Å². The van der Waals surface area contributed by atoms with Gasteiger partial charge in [-0.25, -0.2) is 17.8 Å². The molecule has 0 bridgehead atoms. The molecule has 0 spiro atoms. The Labute approximate surface area is 177 Å². The number of hydrogen-bond donors (Lipinski definition) is 1. The molecule has 1 aromatic heterocycles. The minimum Gasteiger partial charge on any atom is -0.497 e. The van der Waals surface area contributed by atoms with Crippen molar-refractivity contribution in [2.24, 2.45) is 0 Å². The predicted octanol–water partition coefficient (Wildman–Crippen LogP) is 3.49. The van der Waals surface area contributed by atoms with Gasteiger partial charge < -0.3 is 9.47 Å². The number of halogens is 3. The second-order valence-electron chi connectivity index (χ2n) is 6.56. The fourth-order valence-corrected chi connectivity index (χ4v) is 3.22. The largest absolute Gasteiger partial charge is 0.497 e. The van der Waals surface area contributed by atoms with Gasteiger partial charge in [0.05, 0.1) is 24.7 Å². The van der Waals surface area contributed by atoms with Gasteiger partial charge in [-0.1, -0.05) is 0 Å². The highest BCUT2D eigenvalue weighted by molar-refractivity contribution is 7.88. The lowest BCUT2D eigenvalue weighted by Gasteiger charge is -2.10. The van der Waals surface area contributed by atoms with E-state index in [0.29, 0.717) is 22.7 Å². The molecule has 11 heteroatoms. The Morgan fingerprint density at radius 2 is 1.65 bits per heavy atom. The molecule has 0 aliphatic carbocycles. The van der Waals surface area contributed by atoms with Gasteiger partial charge in [0.1, 0.15) is 18.1 Å². The Kier molecular flexibility index (Phi) is 6.56. The van der Waals surface area contributed by atoms with Crippen LogP contribution in [0.1, 0.15) is 5.69 Å². The fraction of sp³-hybridized carbons (Fsp3) is 0.250. The van der Waals surface area contributed by atoms with Crippen LogP contribution in [-0.4, -0.2) is 44.7 Å². The molecule has 0 radical (unpaired) electrons. The summed E-state index contributed by atoms with van der Waals surface area (Å²) in [5, 5.41) is 3.74. The van der Waals surface area contributed by atoms with Gasteiger partial charge in [0.2, 0.25) is 10.0 Å². The molecule has 0 aliphatic heterocycles. The van der Waals surface area contributed by atoms with Gasteiger partial charge in [0, 0.05) is 12.1 Å². The molecule has 0 amide bonds. The van der Waals surface area contributed by atoms with Crippen molar-refractivity contribution < 1.29 is 31.1 Å². The number of sulfonamides is 1. The van der Waals surface area contributed by atoms with E-state index in [4.69, 9.17) is 9.47 Å². The maximum absolute atomic E-state index is 13.3. The molecule has 0 unspecified atom stereocenters. The first-order valence-corrected chi connectivity index (χ1v) is 11.0. The Morgan fingerprint density at radius 3 is 2.19 bits per heavy atom. The number of nitrogens with zero attached hydrogens (tertiary/aromatic N) is 2. The van der Waals surface area contributed by atoms with Gasteiger partial charge in [-0.05, 0) is 54.6 Å². The average molecular weight is 455 g/mol. The maximum Gasteiger partial charge on any atom is 0.435 e. The monoisotopic (exact) mass is 455 g/mol. The van der Waals surface area contributed by atoms with Crippen LogP contribution < -0.4 is 14.2 Å². The van der Waals surface area contributed by atoms with E-state index < -0.39 is 21.9 Å². The molecule has 1 N–H and O–H groups in total. The van der Waals surface area contributed by atoms with Gasteiger partial charge in [0.15, 0.2) is 5.69 Å². The zero-order valence-corrected chi connectivity index (χ0v) is 17.5. The smallest absolute Gasteiger partial charge is 0.435 e. The third kappa shape index (κ3) is 5.98. The maximum atomic E-state index is 13.3. The summed E-state index contributed by atoms with van der Waals surface area (Å²) >= 11 is 0. The molecule has 0 saturated heterocycles. The van der Waals surface area contributed by atoms with Crippen LogP contribution in [0.4, 0.5) is 13.2 Å². The average Bonchev–Trinajstić information content (AvgIpc) is 3.17. The van der Waals surface area contributed by atoms with Crippen molar-refractivity contribution in [2.45, 2.75) is 6.18 Å². The van der Waals surface area contributed by atoms with E-state index >= 15 is 0 Å². The molecule has 0 fully saturated rings. The minimum absolute atomic E-state index is 0.0970. The van der Waals surface area contributed by atoms with Crippen LogP contribution >= 0.6 is 0 Å². The molecule has 3 rings (SSSR count). The summed E-state index contributed by atoms with van der Waals surface area (Å²) in [6, 6.07) is 13.9. The lowest BCUT2D eigenvalue weighted by molar-refractivity contribution is -0.141.